The van der Waals surface area contributed by atoms with E-state index in [0.29, 0.717) is 12.0 Å². The van der Waals surface area contributed by atoms with E-state index in [2.05, 4.69) is 37.5 Å². The van der Waals surface area contributed by atoms with Crippen LogP contribution in [0.3, 0.4) is 0 Å². The Hall–Kier alpha value is -0.000000000000000139. The Labute approximate surface area is 114 Å². The van der Waals surface area contributed by atoms with E-state index in [1.165, 1.54) is 12.1 Å². The second kappa shape index (κ2) is 8.16. The van der Waals surface area contributed by atoms with Crippen molar-refractivity contribution in [2.45, 2.75) is 31.1 Å². The molecule has 0 bridgehead atoms. The van der Waals surface area contributed by atoms with E-state index in [1.807, 2.05) is 0 Å². The Kier molecular flexibility index (Phi) is 8.16. The maximum absolute atomic E-state index is 10.6. The van der Waals surface area contributed by atoms with E-state index < -0.39 is 10.1 Å². The van der Waals surface area contributed by atoms with Crippen LogP contribution in [-0.4, -0.2) is 13.0 Å². The second-order valence-electron chi connectivity index (χ2n) is 3.41. The van der Waals surface area contributed by atoms with Crippen LogP contribution in [0.4, 0.5) is 0 Å². The fourth-order valence-corrected chi connectivity index (χ4v) is 1.67. The fourth-order valence-electron chi connectivity index (χ4n) is 1.20. The first-order valence-corrected chi connectivity index (χ1v) is 9.20. The molecule has 0 N–H and O–H groups in total. The second-order valence-corrected chi connectivity index (χ2v) is 6.72. The molecule has 0 amide bonds. The van der Waals surface area contributed by atoms with Gasteiger partial charge in [-0.1, -0.05) is 26.0 Å². The van der Waals surface area contributed by atoms with Crippen molar-refractivity contribution >= 4 is 39.9 Å². The quantitative estimate of drug-likeness (QED) is 0.635. The third-order valence-electron chi connectivity index (χ3n) is 2.35. The van der Waals surface area contributed by atoms with Gasteiger partial charge in [0.1, 0.15) is 10.1 Å². The molecule has 7 heteroatoms. The molecule has 0 aromatic heterocycles. The minimum atomic E-state index is -4.30. The average molecular weight is 308 g/mol. The predicted molar refractivity (Wildman–Crippen MR) is 74.8 cm³/mol. The van der Waals surface area contributed by atoms with Crippen LogP contribution in [0.2, 0.25) is 0 Å². The molecule has 0 radical (unpaired) electrons. The van der Waals surface area contributed by atoms with Crippen LogP contribution in [0, 0.1) is 0 Å². The van der Waals surface area contributed by atoms with E-state index in [1.54, 1.807) is 12.1 Å². The molecule has 0 saturated carbocycles. The van der Waals surface area contributed by atoms with Crippen molar-refractivity contribution in [1.82, 2.24) is 0 Å². The summed E-state index contributed by atoms with van der Waals surface area (Å²) in [6, 6.07) is 6.12. The number of rotatable bonds is 3. The maximum atomic E-state index is 10.6. The first-order chi connectivity index (χ1) is 7.86. The first kappa shape index (κ1) is 17.0. The molecular formula is C10H13O3PS3. The van der Waals surface area contributed by atoms with Gasteiger partial charge in [0.05, 0.1) is 4.90 Å². The van der Waals surface area contributed by atoms with Gasteiger partial charge in [-0.2, -0.15) is 0 Å². The Balaban J connectivity index is 0.000000770. The zero-order chi connectivity index (χ0) is 13.5. The van der Waals surface area contributed by atoms with Crippen molar-refractivity contribution in [3.63, 3.8) is 0 Å². The Morgan fingerprint density at radius 2 is 1.71 bits per heavy atom. The Morgan fingerprint density at radius 3 is 2.00 bits per heavy atom. The fraction of sp³-hybridized carbons (Fsp3) is 0.400. The van der Waals surface area contributed by atoms with Crippen molar-refractivity contribution in [3.05, 3.63) is 29.8 Å². The molecule has 0 fully saturated rings. The number of hydrogen-bond donors (Lipinski definition) is 0. The van der Waals surface area contributed by atoms with E-state index in [9.17, 15) is 13.0 Å². The van der Waals surface area contributed by atoms with Gasteiger partial charge in [0.25, 0.3) is 0 Å². The standard InChI is InChI=1S/C10H14O3S.PS2/c1-3-8(2)9-4-6-10(7-5-9)14(11,12)13;2-1-3/h4-8H,3H2,1-2H3,(H,11,12,13);/q;+1/p-1. The molecule has 0 spiro atoms. The summed E-state index contributed by atoms with van der Waals surface area (Å²) >= 11 is 8.36. The topological polar surface area (TPSA) is 57.2 Å². The van der Waals surface area contributed by atoms with Crippen LogP contribution < -0.4 is 0 Å². The van der Waals surface area contributed by atoms with Crippen molar-refractivity contribution in [3.8, 4) is 0 Å². The molecular weight excluding hydrogens is 295 g/mol. The van der Waals surface area contributed by atoms with Crippen molar-refractivity contribution in [2.24, 2.45) is 0 Å². The molecule has 1 unspecified atom stereocenters. The molecule has 3 nitrogen and oxygen atoms in total. The normalized spacial score (nSPS) is 11.9. The van der Waals surface area contributed by atoms with Gasteiger partial charge in [-0.25, -0.2) is 8.42 Å². The first-order valence-electron chi connectivity index (χ1n) is 4.87. The summed E-state index contributed by atoms with van der Waals surface area (Å²) in [5.74, 6) is 0.387. The van der Waals surface area contributed by atoms with E-state index in [4.69, 9.17) is 0 Å². The molecule has 94 valence electrons. The molecule has 1 aromatic carbocycles. The van der Waals surface area contributed by atoms with Crippen LogP contribution in [0.1, 0.15) is 31.7 Å². The Morgan fingerprint density at radius 1 is 1.29 bits per heavy atom. The molecule has 0 aliphatic rings. The van der Waals surface area contributed by atoms with Gasteiger partial charge in [-0.05, 0) is 30.0 Å². The summed E-state index contributed by atoms with van der Waals surface area (Å²) in [4.78, 5) is -0.162. The zero-order valence-corrected chi connectivity index (χ0v) is 12.8. The summed E-state index contributed by atoms with van der Waals surface area (Å²) < 4.78 is 31.9. The average Bonchev–Trinajstić information content (AvgIpc) is 2.28. The summed E-state index contributed by atoms with van der Waals surface area (Å²) in [5, 5.41) is 0. The number of hydrogen-bond acceptors (Lipinski definition) is 5. The summed E-state index contributed by atoms with van der Waals surface area (Å²) in [7, 11) is -4.30. The molecule has 0 heterocycles. The molecule has 17 heavy (non-hydrogen) atoms. The van der Waals surface area contributed by atoms with Crippen molar-refractivity contribution < 1.29 is 13.0 Å². The van der Waals surface area contributed by atoms with E-state index in [0.717, 1.165) is 12.0 Å². The van der Waals surface area contributed by atoms with Gasteiger partial charge in [0, 0.05) is 0 Å². The van der Waals surface area contributed by atoms with Crippen LogP contribution in [-0.2, 0) is 33.7 Å². The van der Waals surface area contributed by atoms with Gasteiger partial charge >= 0.3 is 29.7 Å². The summed E-state index contributed by atoms with van der Waals surface area (Å²) in [5.41, 5.74) is 1.06. The van der Waals surface area contributed by atoms with E-state index in [-0.39, 0.29) is 4.90 Å². The molecule has 0 saturated heterocycles. The van der Waals surface area contributed by atoms with Gasteiger partial charge in [0.2, 0.25) is 0 Å². The van der Waals surface area contributed by atoms with Gasteiger partial charge < -0.3 is 4.55 Å². The Bertz CT molecular complexity index is 476. The van der Waals surface area contributed by atoms with Crippen molar-refractivity contribution in [2.75, 3.05) is 0 Å². The molecule has 0 aliphatic heterocycles. The molecule has 1 aromatic rings. The third-order valence-corrected chi connectivity index (χ3v) is 3.20. The summed E-state index contributed by atoms with van der Waals surface area (Å²) in [6.07, 6.45) is 1.57. The zero-order valence-electron chi connectivity index (χ0n) is 9.49. The minimum absolute atomic E-state index is 0.162. The van der Waals surface area contributed by atoms with Crippen LogP contribution in [0.15, 0.2) is 29.2 Å². The third kappa shape index (κ3) is 6.48. The van der Waals surface area contributed by atoms with Crippen LogP contribution in [0.5, 0.6) is 0 Å². The van der Waals surface area contributed by atoms with Crippen molar-refractivity contribution in [1.29, 1.82) is 0 Å². The van der Waals surface area contributed by atoms with Gasteiger partial charge in [-0.15, -0.1) is 0 Å². The van der Waals surface area contributed by atoms with E-state index >= 15 is 0 Å². The number of benzene rings is 1. The van der Waals surface area contributed by atoms with Gasteiger partial charge in [0.15, 0.2) is 0 Å². The van der Waals surface area contributed by atoms with Gasteiger partial charge in [-0.3, -0.25) is 0 Å². The molecule has 1 rings (SSSR count). The monoisotopic (exact) mass is 308 g/mol. The molecule has 1 atom stereocenters. The SMILES string of the molecule is CCC(C)c1ccc(S(=O)(=O)[O-])cc1.S=[P+]=S. The summed E-state index contributed by atoms with van der Waals surface area (Å²) in [6.45, 7) is 4.11. The van der Waals surface area contributed by atoms with Crippen LogP contribution in [0.25, 0.3) is 0 Å². The molecule has 0 aliphatic carbocycles. The van der Waals surface area contributed by atoms with Crippen LogP contribution >= 0.6 is 6.13 Å². The predicted octanol–water partition coefficient (Wildman–Crippen LogP) is 2.96.